The van der Waals surface area contributed by atoms with Crippen LogP contribution in [0.4, 0.5) is 5.69 Å². The second kappa shape index (κ2) is 4.09. The van der Waals surface area contributed by atoms with Gasteiger partial charge in [-0.15, -0.1) is 0 Å². The molecule has 0 aromatic heterocycles. The van der Waals surface area contributed by atoms with Crippen molar-refractivity contribution in [3.63, 3.8) is 0 Å². The Labute approximate surface area is 98.4 Å². The SMILES string of the molecule is CN1C(=S)CCOc2ccc(C(=O)O)cc21. The molecule has 0 fully saturated rings. The van der Waals surface area contributed by atoms with Crippen molar-refractivity contribution in [2.24, 2.45) is 0 Å². The van der Waals surface area contributed by atoms with Gasteiger partial charge in [-0.25, -0.2) is 4.79 Å². The topological polar surface area (TPSA) is 49.8 Å². The van der Waals surface area contributed by atoms with Crippen molar-refractivity contribution in [2.45, 2.75) is 6.42 Å². The van der Waals surface area contributed by atoms with Gasteiger partial charge in [0.15, 0.2) is 0 Å². The quantitative estimate of drug-likeness (QED) is 0.756. The summed E-state index contributed by atoms with van der Waals surface area (Å²) in [5, 5.41) is 8.92. The number of hydrogen-bond acceptors (Lipinski definition) is 3. The predicted octanol–water partition coefficient (Wildman–Crippen LogP) is 1.93. The predicted molar refractivity (Wildman–Crippen MR) is 64.5 cm³/mol. The number of benzene rings is 1. The Morgan fingerprint density at radius 1 is 1.56 bits per heavy atom. The zero-order valence-electron chi connectivity index (χ0n) is 8.77. The molecule has 16 heavy (non-hydrogen) atoms. The largest absolute Gasteiger partial charge is 0.491 e. The lowest BCUT2D eigenvalue weighted by Crippen LogP contribution is -2.23. The third-order valence-electron chi connectivity index (χ3n) is 2.51. The van der Waals surface area contributed by atoms with E-state index in [2.05, 4.69) is 0 Å². The minimum atomic E-state index is -0.952. The van der Waals surface area contributed by atoms with Gasteiger partial charge in [0.2, 0.25) is 0 Å². The van der Waals surface area contributed by atoms with Crippen LogP contribution in [0.5, 0.6) is 5.75 Å². The van der Waals surface area contributed by atoms with Gasteiger partial charge in [0, 0.05) is 13.5 Å². The standard InChI is InChI=1S/C11H11NO3S/c1-12-8-6-7(11(13)14)2-3-9(8)15-5-4-10(12)16/h2-3,6H,4-5H2,1H3,(H,13,14). The van der Waals surface area contributed by atoms with E-state index in [1.54, 1.807) is 17.0 Å². The Bertz CT molecular complexity index is 459. The van der Waals surface area contributed by atoms with Crippen molar-refractivity contribution in [1.29, 1.82) is 0 Å². The van der Waals surface area contributed by atoms with E-state index in [0.717, 1.165) is 4.99 Å². The number of rotatable bonds is 1. The summed E-state index contributed by atoms with van der Waals surface area (Å²) < 4.78 is 5.50. The van der Waals surface area contributed by atoms with E-state index in [-0.39, 0.29) is 5.56 Å². The van der Waals surface area contributed by atoms with Gasteiger partial charge < -0.3 is 14.7 Å². The Kier molecular flexibility index (Phi) is 2.78. The minimum absolute atomic E-state index is 0.235. The smallest absolute Gasteiger partial charge is 0.335 e. The summed E-state index contributed by atoms with van der Waals surface area (Å²) >= 11 is 5.20. The summed E-state index contributed by atoms with van der Waals surface area (Å²) in [6.07, 6.45) is 0.670. The van der Waals surface area contributed by atoms with Gasteiger partial charge in [-0.3, -0.25) is 0 Å². The normalized spacial score (nSPS) is 15.1. The molecular weight excluding hydrogens is 226 g/mol. The van der Waals surface area contributed by atoms with Gasteiger partial charge in [0.25, 0.3) is 0 Å². The van der Waals surface area contributed by atoms with E-state index in [0.29, 0.717) is 24.5 Å². The monoisotopic (exact) mass is 237 g/mol. The fourth-order valence-electron chi connectivity index (χ4n) is 1.58. The number of carbonyl (C=O) groups is 1. The summed E-state index contributed by atoms with van der Waals surface area (Å²) in [7, 11) is 1.82. The highest BCUT2D eigenvalue weighted by molar-refractivity contribution is 7.80. The lowest BCUT2D eigenvalue weighted by Gasteiger charge is -2.18. The number of ether oxygens (including phenoxy) is 1. The van der Waals surface area contributed by atoms with Crippen LogP contribution in [0.25, 0.3) is 0 Å². The average molecular weight is 237 g/mol. The zero-order chi connectivity index (χ0) is 11.7. The second-order valence-electron chi connectivity index (χ2n) is 3.54. The van der Waals surface area contributed by atoms with Crippen molar-refractivity contribution < 1.29 is 14.6 Å². The average Bonchev–Trinajstić information content (AvgIpc) is 2.40. The highest BCUT2D eigenvalue weighted by Crippen LogP contribution is 2.31. The number of fused-ring (bicyclic) bond motifs is 1. The van der Waals surface area contributed by atoms with Crippen LogP contribution in [0.2, 0.25) is 0 Å². The summed E-state index contributed by atoms with van der Waals surface area (Å²) in [5.74, 6) is -0.279. The van der Waals surface area contributed by atoms with E-state index in [1.165, 1.54) is 6.07 Å². The van der Waals surface area contributed by atoms with Crippen LogP contribution >= 0.6 is 12.2 Å². The molecule has 1 heterocycles. The maximum atomic E-state index is 10.9. The number of thiocarbonyl (C=S) groups is 1. The van der Waals surface area contributed by atoms with Crippen molar-refractivity contribution in [2.75, 3.05) is 18.6 Å². The van der Waals surface area contributed by atoms with Crippen LogP contribution in [0.3, 0.4) is 0 Å². The molecule has 0 amide bonds. The first-order valence-electron chi connectivity index (χ1n) is 4.86. The Morgan fingerprint density at radius 3 is 3.00 bits per heavy atom. The summed E-state index contributed by atoms with van der Waals surface area (Å²) in [6, 6.07) is 4.78. The van der Waals surface area contributed by atoms with Gasteiger partial charge in [0.05, 0.1) is 22.8 Å². The fraction of sp³-hybridized carbons (Fsp3) is 0.273. The maximum Gasteiger partial charge on any atom is 0.335 e. The van der Waals surface area contributed by atoms with Crippen molar-refractivity contribution in [1.82, 2.24) is 0 Å². The van der Waals surface area contributed by atoms with Crippen LogP contribution in [-0.2, 0) is 0 Å². The van der Waals surface area contributed by atoms with E-state index in [1.807, 2.05) is 7.05 Å². The number of anilines is 1. The summed E-state index contributed by atoms with van der Waals surface area (Å²) in [5.41, 5.74) is 0.946. The summed E-state index contributed by atoms with van der Waals surface area (Å²) in [6.45, 7) is 0.530. The fourth-order valence-corrected chi connectivity index (χ4v) is 1.77. The molecule has 1 aliphatic heterocycles. The molecule has 1 aromatic carbocycles. The van der Waals surface area contributed by atoms with E-state index >= 15 is 0 Å². The lowest BCUT2D eigenvalue weighted by atomic mass is 10.2. The molecule has 1 aliphatic rings. The molecule has 84 valence electrons. The van der Waals surface area contributed by atoms with Gasteiger partial charge in [-0.2, -0.15) is 0 Å². The molecule has 0 aliphatic carbocycles. The Hall–Kier alpha value is -1.62. The molecule has 0 bridgehead atoms. The van der Waals surface area contributed by atoms with Crippen LogP contribution in [0.15, 0.2) is 18.2 Å². The second-order valence-corrected chi connectivity index (χ2v) is 4.01. The highest BCUT2D eigenvalue weighted by atomic mass is 32.1. The Balaban J connectivity index is 2.50. The number of hydrogen-bond donors (Lipinski definition) is 1. The first kappa shape index (κ1) is 10.9. The summed E-state index contributed by atoms with van der Waals surface area (Å²) in [4.78, 5) is 13.4. The third-order valence-corrected chi connectivity index (χ3v) is 2.99. The number of carboxylic acid groups (broad SMARTS) is 1. The molecule has 0 saturated heterocycles. The van der Waals surface area contributed by atoms with Crippen LogP contribution < -0.4 is 9.64 Å². The number of carboxylic acids is 1. The molecule has 0 saturated carbocycles. The molecule has 5 heteroatoms. The third kappa shape index (κ3) is 1.86. The first-order valence-corrected chi connectivity index (χ1v) is 5.27. The maximum absolute atomic E-state index is 10.9. The van der Waals surface area contributed by atoms with Gasteiger partial charge >= 0.3 is 5.97 Å². The van der Waals surface area contributed by atoms with E-state index < -0.39 is 5.97 Å². The number of nitrogens with zero attached hydrogens (tertiary/aromatic N) is 1. The molecule has 1 aromatic rings. The van der Waals surface area contributed by atoms with Crippen LogP contribution in [0.1, 0.15) is 16.8 Å². The van der Waals surface area contributed by atoms with E-state index in [4.69, 9.17) is 22.1 Å². The first-order chi connectivity index (χ1) is 7.59. The number of aromatic carboxylic acids is 1. The molecule has 2 rings (SSSR count). The van der Waals surface area contributed by atoms with Gasteiger partial charge in [-0.1, -0.05) is 12.2 Å². The van der Waals surface area contributed by atoms with Gasteiger partial charge in [0.1, 0.15) is 5.75 Å². The molecule has 4 nitrogen and oxygen atoms in total. The zero-order valence-corrected chi connectivity index (χ0v) is 9.58. The van der Waals surface area contributed by atoms with Gasteiger partial charge in [-0.05, 0) is 18.2 Å². The lowest BCUT2D eigenvalue weighted by molar-refractivity contribution is 0.0697. The van der Waals surface area contributed by atoms with Crippen molar-refractivity contribution >= 4 is 28.9 Å². The highest BCUT2D eigenvalue weighted by Gasteiger charge is 2.18. The molecule has 0 atom stereocenters. The molecule has 0 radical (unpaired) electrons. The molecule has 0 unspecified atom stereocenters. The molecule has 1 N–H and O–H groups in total. The van der Waals surface area contributed by atoms with Crippen LogP contribution in [-0.4, -0.2) is 29.7 Å². The van der Waals surface area contributed by atoms with E-state index in [9.17, 15) is 4.79 Å². The minimum Gasteiger partial charge on any atom is -0.491 e. The molecular formula is C11H11NO3S. The Morgan fingerprint density at radius 2 is 2.31 bits per heavy atom. The van der Waals surface area contributed by atoms with Crippen molar-refractivity contribution in [3.8, 4) is 5.75 Å². The molecule has 0 spiro atoms. The van der Waals surface area contributed by atoms with Crippen LogP contribution in [0, 0.1) is 0 Å². The van der Waals surface area contributed by atoms with Crippen molar-refractivity contribution in [3.05, 3.63) is 23.8 Å².